The van der Waals surface area contributed by atoms with Crippen LogP contribution in [0, 0.1) is 0 Å². The maximum Gasteiger partial charge on any atom is 0.471 e. The van der Waals surface area contributed by atoms with Crippen molar-refractivity contribution in [2.75, 3.05) is 20.1 Å². The molecular formula is C41H44F3N3O5. The number of ether oxygens (including phenoxy) is 2. The van der Waals surface area contributed by atoms with E-state index in [9.17, 15) is 27.9 Å². The Morgan fingerprint density at radius 2 is 1.62 bits per heavy atom. The standard InChI is InChI=1S/C41H44F3N3O5/c1-27(30-10-4-3-5-11-30)46(2)25-35-23-37(31-18-16-28(26-48)17-19-31)52-39(51-35)34-14-7-13-33(22-34)32-12-6-9-29(21-32)24-45-38(49)36-15-8-20-47(36)40(50)41(42,43)44/h3-7,9-14,16-19,21-22,27,35-37,39,48H,8,15,20,23-26H2,1-2H3,(H,45,49)/t27-,35+,36-,37-,39-/m0/s1. The molecule has 0 aliphatic carbocycles. The van der Waals surface area contributed by atoms with Crippen LogP contribution in [-0.2, 0) is 32.2 Å². The van der Waals surface area contributed by atoms with Crippen molar-refractivity contribution in [1.82, 2.24) is 15.1 Å². The number of rotatable bonds is 11. The molecule has 2 N–H and O–H groups in total. The molecule has 8 nitrogen and oxygen atoms in total. The summed E-state index contributed by atoms with van der Waals surface area (Å²) >= 11 is 0. The van der Waals surface area contributed by atoms with Crippen molar-refractivity contribution in [2.45, 2.75) is 76.1 Å². The minimum atomic E-state index is -5.02. The average molecular weight is 716 g/mol. The molecule has 0 spiro atoms. The fraction of sp³-hybridized carbons (Fsp3) is 0.366. The number of aliphatic hydroxyl groups excluding tert-OH is 1. The minimum Gasteiger partial charge on any atom is -0.392 e. The Labute approximate surface area is 302 Å². The monoisotopic (exact) mass is 715 g/mol. The van der Waals surface area contributed by atoms with E-state index in [0.29, 0.717) is 24.3 Å². The molecule has 4 aromatic rings. The quantitative estimate of drug-likeness (QED) is 0.170. The van der Waals surface area contributed by atoms with Gasteiger partial charge in [-0.3, -0.25) is 14.5 Å². The van der Waals surface area contributed by atoms with Gasteiger partial charge in [-0.15, -0.1) is 0 Å². The van der Waals surface area contributed by atoms with Gasteiger partial charge in [0.1, 0.15) is 6.04 Å². The van der Waals surface area contributed by atoms with Crippen LogP contribution in [-0.4, -0.2) is 65.2 Å². The van der Waals surface area contributed by atoms with Crippen LogP contribution in [0.2, 0.25) is 0 Å². The Bertz CT molecular complexity index is 1820. The van der Waals surface area contributed by atoms with Gasteiger partial charge in [0.2, 0.25) is 5.91 Å². The number of alkyl halides is 3. The molecule has 2 amide bonds. The Hall–Kier alpha value is -4.55. The van der Waals surface area contributed by atoms with E-state index < -0.39 is 30.3 Å². The molecule has 52 heavy (non-hydrogen) atoms. The van der Waals surface area contributed by atoms with Crippen LogP contribution in [0.1, 0.15) is 72.4 Å². The number of likely N-dealkylation sites (tertiary alicyclic amines) is 1. The molecule has 2 heterocycles. The van der Waals surface area contributed by atoms with Gasteiger partial charge in [0.15, 0.2) is 6.29 Å². The summed E-state index contributed by atoms with van der Waals surface area (Å²) in [5.74, 6) is -2.59. The van der Waals surface area contributed by atoms with E-state index in [1.54, 1.807) is 0 Å². The summed E-state index contributed by atoms with van der Waals surface area (Å²) in [5, 5.41) is 12.3. The highest BCUT2D eigenvalue weighted by Crippen LogP contribution is 2.39. The van der Waals surface area contributed by atoms with E-state index in [0.717, 1.165) is 33.4 Å². The molecule has 2 aliphatic heterocycles. The lowest BCUT2D eigenvalue weighted by atomic mass is 9.98. The average Bonchev–Trinajstić information content (AvgIpc) is 3.66. The van der Waals surface area contributed by atoms with E-state index in [2.05, 4.69) is 36.3 Å². The summed E-state index contributed by atoms with van der Waals surface area (Å²) in [6, 6.07) is 32.6. The molecule has 4 aromatic carbocycles. The summed E-state index contributed by atoms with van der Waals surface area (Å²) in [5.41, 5.74) is 6.42. The first-order chi connectivity index (χ1) is 25.0. The van der Waals surface area contributed by atoms with Crippen LogP contribution >= 0.6 is 0 Å². The fourth-order valence-electron chi connectivity index (χ4n) is 6.98. The molecule has 5 atom stereocenters. The van der Waals surface area contributed by atoms with Gasteiger partial charge in [0, 0.05) is 37.7 Å². The molecule has 0 unspecified atom stereocenters. The van der Waals surface area contributed by atoms with Gasteiger partial charge in [-0.25, -0.2) is 0 Å². The van der Waals surface area contributed by atoms with Crippen LogP contribution in [0.3, 0.4) is 0 Å². The number of amides is 2. The zero-order valence-corrected chi connectivity index (χ0v) is 29.3. The first-order valence-corrected chi connectivity index (χ1v) is 17.6. The zero-order valence-electron chi connectivity index (χ0n) is 29.3. The largest absolute Gasteiger partial charge is 0.471 e. The van der Waals surface area contributed by atoms with Crippen molar-refractivity contribution in [3.8, 4) is 11.1 Å². The molecule has 0 saturated carbocycles. The Kier molecular flexibility index (Phi) is 11.7. The summed E-state index contributed by atoms with van der Waals surface area (Å²) in [4.78, 5) is 27.6. The molecule has 0 bridgehead atoms. The lowest BCUT2D eigenvalue weighted by Gasteiger charge is -2.39. The smallest absolute Gasteiger partial charge is 0.392 e. The highest BCUT2D eigenvalue weighted by Gasteiger charge is 2.47. The van der Waals surface area contributed by atoms with Gasteiger partial charge >= 0.3 is 12.1 Å². The number of aliphatic hydroxyl groups is 1. The van der Waals surface area contributed by atoms with Crippen molar-refractivity contribution >= 4 is 11.8 Å². The zero-order chi connectivity index (χ0) is 36.8. The van der Waals surface area contributed by atoms with Gasteiger partial charge in [0.25, 0.3) is 0 Å². The van der Waals surface area contributed by atoms with Crippen LogP contribution in [0.4, 0.5) is 13.2 Å². The highest BCUT2D eigenvalue weighted by molar-refractivity contribution is 5.90. The summed E-state index contributed by atoms with van der Waals surface area (Å²) < 4.78 is 52.5. The van der Waals surface area contributed by atoms with E-state index >= 15 is 0 Å². The van der Waals surface area contributed by atoms with Crippen LogP contribution < -0.4 is 5.32 Å². The number of nitrogens with zero attached hydrogens (tertiary/aromatic N) is 2. The predicted molar refractivity (Wildman–Crippen MR) is 190 cm³/mol. The maximum atomic E-state index is 13.1. The molecule has 0 aromatic heterocycles. The second kappa shape index (κ2) is 16.4. The lowest BCUT2D eigenvalue weighted by molar-refractivity contribution is -0.253. The van der Waals surface area contributed by atoms with Gasteiger partial charge in [-0.1, -0.05) is 91.0 Å². The number of carbonyl (C=O) groups excluding carboxylic acids is 2. The molecule has 0 radical (unpaired) electrons. The van der Waals surface area contributed by atoms with Gasteiger partial charge in [0.05, 0.1) is 18.8 Å². The van der Waals surface area contributed by atoms with E-state index in [1.165, 1.54) is 5.56 Å². The Morgan fingerprint density at radius 3 is 2.33 bits per heavy atom. The van der Waals surface area contributed by atoms with Crippen LogP contribution in [0.5, 0.6) is 0 Å². The van der Waals surface area contributed by atoms with Crippen LogP contribution in [0.25, 0.3) is 11.1 Å². The number of nitrogens with one attached hydrogen (secondary N) is 1. The summed E-state index contributed by atoms with van der Waals surface area (Å²) in [6.07, 6.45) is -4.89. The normalized spacial score (nSPS) is 21.2. The minimum absolute atomic E-state index is 0.0369. The van der Waals surface area contributed by atoms with Gasteiger partial charge in [-0.05, 0) is 72.3 Å². The van der Waals surface area contributed by atoms with Crippen molar-refractivity contribution in [2.24, 2.45) is 0 Å². The number of likely N-dealkylation sites (N-methyl/N-ethyl adjacent to an activating group) is 1. The Morgan fingerprint density at radius 1 is 0.904 bits per heavy atom. The van der Waals surface area contributed by atoms with E-state index in [-0.39, 0.29) is 44.4 Å². The molecule has 6 rings (SSSR count). The first kappa shape index (κ1) is 37.2. The van der Waals surface area contributed by atoms with Gasteiger partial charge < -0.3 is 24.8 Å². The van der Waals surface area contributed by atoms with Crippen molar-refractivity contribution in [3.05, 3.63) is 131 Å². The lowest BCUT2D eigenvalue weighted by Crippen LogP contribution is -2.50. The summed E-state index contributed by atoms with van der Waals surface area (Å²) in [7, 11) is 2.10. The number of carbonyl (C=O) groups is 2. The maximum absolute atomic E-state index is 13.1. The van der Waals surface area contributed by atoms with E-state index in [4.69, 9.17) is 9.47 Å². The molecule has 2 saturated heterocycles. The van der Waals surface area contributed by atoms with Gasteiger partial charge in [-0.2, -0.15) is 13.2 Å². The SMILES string of the molecule is C[C@@H](c1ccccc1)N(C)C[C@H]1C[C@@H](c2ccc(CO)cc2)O[C@@H](c2cccc(-c3cccc(CNC(=O)[C@@H]4CCCN4C(=O)C(F)(F)F)c3)c2)O1. The van der Waals surface area contributed by atoms with Crippen molar-refractivity contribution in [1.29, 1.82) is 0 Å². The number of hydrogen-bond donors (Lipinski definition) is 2. The fourth-order valence-corrected chi connectivity index (χ4v) is 6.98. The van der Waals surface area contributed by atoms with Crippen molar-refractivity contribution < 1.29 is 37.3 Å². The molecule has 274 valence electrons. The topological polar surface area (TPSA) is 91.3 Å². The van der Waals surface area contributed by atoms with Crippen molar-refractivity contribution in [3.63, 3.8) is 0 Å². The molecule has 11 heteroatoms. The Balaban J connectivity index is 1.17. The molecule has 2 fully saturated rings. The number of benzene rings is 4. The third kappa shape index (κ3) is 8.90. The number of hydrogen-bond acceptors (Lipinski definition) is 6. The predicted octanol–water partition coefficient (Wildman–Crippen LogP) is 7.25. The third-order valence-corrected chi connectivity index (χ3v) is 9.99. The number of halogens is 3. The third-order valence-electron chi connectivity index (χ3n) is 9.99. The second-order valence-electron chi connectivity index (χ2n) is 13.6. The first-order valence-electron chi connectivity index (χ1n) is 17.6. The molecule has 2 aliphatic rings. The second-order valence-corrected chi connectivity index (χ2v) is 13.6. The summed E-state index contributed by atoms with van der Waals surface area (Å²) in [6.45, 7) is 2.82. The highest BCUT2D eigenvalue weighted by atomic mass is 19.4. The molecular weight excluding hydrogens is 671 g/mol. The van der Waals surface area contributed by atoms with E-state index in [1.807, 2.05) is 91.0 Å². The van der Waals surface area contributed by atoms with Crippen LogP contribution in [0.15, 0.2) is 103 Å².